The Hall–Kier alpha value is -3.19. The molecule has 0 spiro atoms. The molecule has 6 nitrogen and oxygen atoms in total. The normalized spacial score (nSPS) is 20.5. The highest BCUT2D eigenvalue weighted by Gasteiger charge is 2.41. The summed E-state index contributed by atoms with van der Waals surface area (Å²) in [5.41, 5.74) is 3.39. The number of ketones is 1. The predicted molar refractivity (Wildman–Crippen MR) is 121 cm³/mol. The van der Waals surface area contributed by atoms with E-state index in [4.69, 9.17) is 9.47 Å². The first-order valence-electron chi connectivity index (χ1n) is 10.6. The van der Waals surface area contributed by atoms with Crippen molar-refractivity contribution >= 4 is 29.1 Å². The minimum Gasteiger partial charge on any atom is -0.463 e. The van der Waals surface area contributed by atoms with Crippen molar-refractivity contribution in [1.29, 1.82) is 0 Å². The second-order valence-corrected chi connectivity index (χ2v) is 8.90. The zero-order valence-electron chi connectivity index (χ0n) is 18.3. The quantitative estimate of drug-likeness (QED) is 0.529. The van der Waals surface area contributed by atoms with Gasteiger partial charge in [0.15, 0.2) is 5.78 Å². The van der Waals surface area contributed by atoms with Crippen LogP contribution in [-0.4, -0.2) is 24.3 Å². The minimum atomic E-state index is -0.534. The molecule has 2 aromatic rings. The largest absolute Gasteiger partial charge is 0.463 e. The van der Waals surface area contributed by atoms with E-state index in [2.05, 4.69) is 11.4 Å². The van der Waals surface area contributed by atoms with Crippen LogP contribution in [0.1, 0.15) is 55.9 Å². The lowest BCUT2D eigenvalue weighted by atomic mass is 9.72. The second kappa shape index (κ2) is 9.12. The maximum absolute atomic E-state index is 13.4. The molecule has 4 rings (SSSR count). The van der Waals surface area contributed by atoms with E-state index in [9.17, 15) is 14.4 Å². The van der Waals surface area contributed by atoms with Crippen LogP contribution in [0.4, 0.5) is 0 Å². The Balaban J connectivity index is 1.77. The lowest BCUT2D eigenvalue weighted by Crippen LogP contribution is -2.36. The van der Waals surface area contributed by atoms with Gasteiger partial charge in [-0.25, -0.2) is 4.79 Å². The molecule has 0 bridgehead atoms. The first kappa shape index (κ1) is 22.0. The third-order valence-electron chi connectivity index (χ3n) is 5.74. The van der Waals surface area contributed by atoms with Gasteiger partial charge in [0, 0.05) is 47.0 Å². The SMILES string of the molecule is CCOC(=O)C1=C(C)NC2=C(C(=O)C[C@@H](c3cccs3)C2)[C@@H]1c1ccc(OC(C)=O)cc1. The van der Waals surface area contributed by atoms with Crippen molar-refractivity contribution in [3.05, 3.63) is 74.8 Å². The number of Topliss-reactive ketones (excluding diaryl/α,β-unsaturated/α-hetero) is 1. The number of nitrogens with one attached hydrogen (secondary N) is 1. The molecule has 0 unspecified atom stereocenters. The van der Waals surface area contributed by atoms with Gasteiger partial charge in [-0.3, -0.25) is 9.59 Å². The fraction of sp³-hybridized carbons (Fsp3) is 0.320. The Morgan fingerprint density at radius 1 is 1.16 bits per heavy atom. The third-order valence-corrected chi connectivity index (χ3v) is 6.78. The first-order valence-corrected chi connectivity index (χ1v) is 11.5. The highest BCUT2D eigenvalue weighted by molar-refractivity contribution is 7.10. The summed E-state index contributed by atoms with van der Waals surface area (Å²) in [6.07, 6.45) is 1.11. The average molecular weight is 452 g/mol. The molecule has 2 atom stereocenters. The Labute approximate surface area is 190 Å². The van der Waals surface area contributed by atoms with E-state index in [0.717, 1.165) is 11.3 Å². The van der Waals surface area contributed by atoms with Crippen molar-refractivity contribution in [2.45, 2.75) is 45.4 Å². The summed E-state index contributed by atoms with van der Waals surface area (Å²) in [6, 6.07) is 11.0. The summed E-state index contributed by atoms with van der Waals surface area (Å²) in [7, 11) is 0. The lowest BCUT2D eigenvalue weighted by Gasteiger charge is -2.36. The Kier molecular flexibility index (Phi) is 6.28. The van der Waals surface area contributed by atoms with Crippen LogP contribution in [0, 0.1) is 0 Å². The van der Waals surface area contributed by atoms with Gasteiger partial charge in [-0.15, -0.1) is 11.3 Å². The molecule has 1 aromatic heterocycles. The van der Waals surface area contributed by atoms with Crippen LogP contribution in [-0.2, 0) is 19.1 Å². The molecule has 0 saturated carbocycles. The van der Waals surface area contributed by atoms with E-state index in [1.165, 1.54) is 11.8 Å². The molecular weight excluding hydrogens is 426 g/mol. The first-order chi connectivity index (χ1) is 15.4. The van der Waals surface area contributed by atoms with Gasteiger partial charge in [-0.2, -0.15) is 0 Å². The third kappa shape index (κ3) is 4.25. The smallest absolute Gasteiger partial charge is 0.336 e. The van der Waals surface area contributed by atoms with Gasteiger partial charge in [0.1, 0.15) is 5.75 Å². The zero-order valence-corrected chi connectivity index (χ0v) is 19.1. The van der Waals surface area contributed by atoms with Crippen molar-refractivity contribution in [3.8, 4) is 5.75 Å². The number of thiophene rings is 1. The summed E-state index contributed by atoms with van der Waals surface area (Å²) in [5, 5.41) is 5.36. The Morgan fingerprint density at radius 2 is 1.91 bits per heavy atom. The number of carbonyl (C=O) groups excluding carboxylic acids is 3. The summed E-state index contributed by atoms with van der Waals surface area (Å²) in [5.74, 6) is -0.817. The van der Waals surface area contributed by atoms with E-state index in [1.807, 2.05) is 18.4 Å². The van der Waals surface area contributed by atoms with Crippen LogP contribution in [0.25, 0.3) is 0 Å². The molecule has 0 radical (unpaired) electrons. The van der Waals surface area contributed by atoms with Crippen molar-refractivity contribution in [2.24, 2.45) is 0 Å². The number of ether oxygens (including phenoxy) is 2. The van der Waals surface area contributed by atoms with Crippen LogP contribution < -0.4 is 10.1 Å². The number of hydrogen-bond acceptors (Lipinski definition) is 7. The number of rotatable bonds is 5. The zero-order chi connectivity index (χ0) is 22.8. The van der Waals surface area contributed by atoms with Gasteiger partial charge in [-0.05, 0) is 49.4 Å². The number of allylic oxidation sites excluding steroid dienone is 3. The second-order valence-electron chi connectivity index (χ2n) is 7.92. The number of dihydropyridines is 1. The molecule has 0 amide bonds. The molecule has 32 heavy (non-hydrogen) atoms. The fourth-order valence-electron chi connectivity index (χ4n) is 4.47. The monoisotopic (exact) mass is 451 g/mol. The van der Waals surface area contributed by atoms with Crippen LogP contribution in [0.5, 0.6) is 5.75 Å². The van der Waals surface area contributed by atoms with E-state index in [0.29, 0.717) is 35.4 Å². The highest BCUT2D eigenvalue weighted by atomic mass is 32.1. The molecule has 7 heteroatoms. The van der Waals surface area contributed by atoms with Crippen LogP contribution in [0.3, 0.4) is 0 Å². The highest BCUT2D eigenvalue weighted by Crippen LogP contribution is 2.46. The van der Waals surface area contributed by atoms with Crippen molar-refractivity contribution in [1.82, 2.24) is 5.32 Å². The molecular formula is C25H25NO5S. The molecule has 1 aliphatic carbocycles. The standard InChI is InChI=1S/C25H25NO5S/c1-4-30-25(29)22-14(2)26-19-12-17(21-6-5-11-32-21)13-20(28)24(19)23(22)16-7-9-18(10-8-16)31-15(3)27/h5-11,17,23,26H,4,12-13H2,1-3H3/t17-,23+/m0/s1. The van der Waals surface area contributed by atoms with E-state index in [-0.39, 0.29) is 18.3 Å². The molecule has 1 aromatic carbocycles. The van der Waals surface area contributed by atoms with Gasteiger partial charge in [0.2, 0.25) is 0 Å². The van der Waals surface area contributed by atoms with E-state index in [1.54, 1.807) is 42.5 Å². The summed E-state index contributed by atoms with van der Waals surface area (Å²) < 4.78 is 10.5. The maximum atomic E-state index is 13.4. The topological polar surface area (TPSA) is 81.7 Å². The van der Waals surface area contributed by atoms with E-state index < -0.39 is 17.9 Å². The molecule has 0 saturated heterocycles. The van der Waals surface area contributed by atoms with Crippen LogP contribution in [0.2, 0.25) is 0 Å². The van der Waals surface area contributed by atoms with Crippen molar-refractivity contribution in [3.63, 3.8) is 0 Å². The number of carbonyl (C=O) groups is 3. The van der Waals surface area contributed by atoms with Gasteiger partial charge < -0.3 is 14.8 Å². The minimum absolute atomic E-state index is 0.0283. The van der Waals surface area contributed by atoms with Gasteiger partial charge in [0.25, 0.3) is 0 Å². The predicted octanol–water partition coefficient (Wildman–Crippen LogP) is 4.60. The average Bonchev–Trinajstić information content (AvgIpc) is 3.28. The number of benzene rings is 1. The summed E-state index contributed by atoms with van der Waals surface area (Å²) in [4.78, 5) is 38.8. The molecule has 2 heterocycles. The van der Waals surface area contributed by atoms with Crippen LogP contribution in [0.15, 0.2) is 64.3 Å². The summed E-state index contributed by atoms with van der Waals surface area (Å²) >= 11 is 1.66. The van der Waals surface area contributed by atoms with E-state index >= 15 is 0 Å². The van der Waals surface area contributed by atoms with Gasteiger partial charge >= 0.3 is 11.9 Å². The molecule has 1 N–H and O–H groups in total. The van der Waals surface area contributed by atoms with Crippen LogP contribution >= 0.6 is 11.3 Å². The van der Waals surface area contributed by atoms with Crippen molar-refractivity contribution < 1.29 is 23.9 Å². The fourth-order valence-corrected chi connectivity index (χ4v) is 5.30. The molecule has 166 valence electrons. The van der Waals surface area contributed by atoms with Gasteiger partial charge in [0.05, 0.1) is 12.2 Å². The van der Waals surface area contributed by atoms with Crippen molar-refractivity contribution in [2.75, 3.05) is 6.61 Å². The Morgan fingerprint density at radius 3 is 2.53 bits per heavy atom. The Bertz CT molecular complexity index is 1110. The lowest BCUT2D eigenvalue weighted by molar-refractivity contribution is -0.139. The maximum Gasteiger partial charge on any atom is 0.336 e. The molecule has 0 fully saturated rings. The number of hydrogen-bond donors (Lipinski definition) is 1. The summed E-state index contributed by atoms with van der Waals surface area (Å²) in [6.45, 7) is 5.19. The number of esters is 2. The molecule has 1 aliphatic heterocycles. The molecule has 2 aliphatic rings. The van der Waals surface area contributed by atoms with Gasteiger partial charge in [-0.1, -0.05) is 18.2 Å².